The van der Waals surface area contributed by atoms with Gasteiger partial charge in [-0.2, -0.15) is 0 Å². The number of anilines is 3. The zero-order chi connectivity index (χ0) is 28.0. The van der Waals surface area contributed by atoms with E-state index in [0.29, 0.717) is 0 Å². The van der Waals surface area contributed by atoms with Gasteiger partial charge < -0.3 is 14.1 Å². The zero-order valence-electron chi connectivity index (χ0n) is 23.1. The second kappa shape index (κ2) is 9.83. The van der Waals surface area contributed by atoms with Crippen molar-refractivity contribution in [1.82, 2.24) is 0 Å². The van der Waals surface area contributed by atoms with Crippen LogP contribution in [0.1, 0.15) is 0 Å². The Morgan fingerprint density at radius 1 is 0.500 bits per heavy atom. The molecule has 0 N–H and O–H groups in total. The van der Waals surface area contributed by atoms with E-state index in [1.54, 1.807) is 7.11 Å². The molecule has 0 aliphatic carbocycles. The third-order valence-electron chi connectivity index (χ3n) is 8.16. The van der Waals surface area contributed by atoms with E-state index >= 15 is 0 Å². The monoisotopic (exact) mass is 541 g/mol. The van der Waals surface area contributed by atoms with Crippen molar-refractivity contribution < 1.29 is 9.15 Å². The van der Waals surface area contributed by atoms with Crippen molar-refractivity contribution in [3.8, 4) is 16.9 Å². The van der Waals surface area contributed by atoms with Crippen molar-refractivity contribution in [1.29, 1.82) is 0 Å². The van der Waals surface area contributed by atoms with Gasteiger partial charge in [0.25, 0.3) is 0 Å². The molecule has 0 spiro atoms. The van der Waals surface area contributed by atoms with Gasteiger partial charge in [0.2, 0.25) is 0 Å². The number of benzene rings is 7. The van der Waals surface area contributed by atoms with Crippen molar-refractivity contribution in [2.24, 2.45) is 0 Å². The van der Waals surface area contributed by atoms with Crippen LogP contribution >= 0.6 is 0 Å². The minimum atomic E-state index is 0.813. The molecule has 0 atom stereocenters. The summed E-state index contributed by atoms with van der Waals surface area (Å²) in [4.78, 5) is 2.33. The van der Waals surface area contributed by atoms with Crippen LogP contribution in [0.5, 0.6) is 5.75 Å². The van der Waals surface area contributed by atoms with E-state index in [2.05, 4.69) is 126 Å². The molecule has 3 heteroatoms. The largest absolute Gasteiger partial charge is 0.497 e. The normalized spacial score (nSPS) is 11.5. The first-order chi connectivity index (χ1) is 20.8. The highest BCUT2D eigenvalue weighted by Crippen LogP contribution is 2.48. The lowest BCUT2D eigenvalue weighted by Crippen LogP contribution is -2.12. The molecule has 0 amide bonds. The van der Waals surface area contributed by atoms with Gasteiger partial charge in [-0.25, -0.2) is 0 Å². The summed E-state index contributed by atoms with van der Waals surface area (Å²) in [5.74, 6) is 0.813. The number of ether oxygens (including phenoxy) is 1. The second-order valence-corrected chi connectivity index (χ2v) is 10.5. The van der Waals surface area contributed by atoms with Crippen LogP contribution in [-0.4, -0.2) is 7.11 Å². The van der Waals surface area contributed by atoms with Gasteiger partial charge >= 0.3 is 0 Å². The summed E-state index contributed by atoms with van der Waals surface area (Å²) in [5, 5.41) is 7.02. The van der Waals surface area contributed by atoms with Crippen LogP contribution in [0, 0.1) is 0 Å². The van der Waals surface area contributed by atoms with Crippen molar-refractivity contribution in [2.75, 3.05) is 12.0 Å². The lowest BCUT2D eigenvalue weighted by molar-refractivity contribution is 0.415. The predicted octanol–water partition coefficient (Wildman–Crippen LogP) is 11.0. The maximum Gasteiger partial charge on any atom is 0.159 e. The summed E-state index contributed by atoms with van der Waals surface area (Å²) in [6, 6.07) is 51.2. The predicted molar refractivity (Wildman–Crippen MR) is 175 cm³/mol. The van der Waals surface area contributed by atoms with Gasteiger partial charge in [-0.3, -0.25) is 0 Å². The molecule has 3 nitrogen and oxygen atoms in total. The molecule has 1 aromatic heterocycles. The number of hydrogen-bond acceptors (Lipinski definition) is 3. The van der Waals surface area contributed by atoms with Crippen LogP contribution in [0.3, 0.4) is 0 Å². The molecule has 8 aromatic rings. The van der Waals surface area contributed by atoms with Crippen molar-refractivity contribution in [3.05, 3.63) is 146 Å². The van der Waals surface area contributed by atoms with E-state index in [4.69, 9.17) is 9.15 Å². The van der Waals surface area contributed by atoms with Gasteiger partial charge in [-0.15, -0.1) is 0 Å². The summed E-state index contributed by atoms with van der Waals surface area (Å²) >= 11 is 0. The van der Waals surface area contributed by atoms with Crippen molar-refractivity contribution >= 4 is 60.5 Å². The topological polar surface area (TPSA) is 25.6 Å². The Morgan fingerprint density at radius 3 is 1.95 bits per heavy atom. The van der Waals surface area contributed by atoms with E-state index < -0.39 is 0 Å². The average molecular weight is 542 g/mol. The quantitative estimate of drug-likeness (QED) is 0.217. The van der Waals surface area contributed by atoms with Crippen molar-refractivity contribution in [3.63, 3.8) is 0 Å². The Labute approximate surface area is 243 Å². The van der Waals surface area contributed by atoms with E-state index in [9.17, 15) is 0 Å². The van der Waals surface area contributed by atoms with Crippen LogP contribution < -0.4 is 9.64 Å². The standard InChI is InChI=1S/C39H27NO2/c1-41-29-23-21-28(22-24-29)40(36-18-9-17-34-32-15-6-7-19-37(32)42-39(34)36)35-25-20-27-11-3-5-14-31(27)38(35)33-16-8-12-26-10-2-4-13-30(26)33/h2-25H,1H3. The number of para-hydroxylation sites is 2. The first-order valence-electron chi connectivity index (χ1n) is 14.1. The SMILES string of the molecule is COc1ccc(N(c2ccc3ccccc3c2-c2cccc3ccccc23)c2cccc3c2oc2ccccc23)cc1. The van der Waals surface area contributed by atoms with Crippen LogP contribution in [0.4, 0.5) is 17.1 Å². The molecule has 0 bridgehead atoms. The van der Waals surface area contributed by atoms with Gasteiger partial charge in [0, 0.05) is 22.0 Å². The first-order valence-corrected chi connectivity index (χ1v) is 14.1. The Balaban J connectivity index is 1.50. The Hall–Kier alpha value is -5.54. The maximum absolute atomic E-state index is 6.59. The highest BCUT2D eigenvalue weighted by molar-refractivity contribution is 6.14. The number of fused-ring (bicyclic) bond motifs is 5. The molecule has 1 heterocycles. The number of furan rings is 1. The fourth-order valence-corrected chi connectivity index (χ4v) is 6.22. The summed E-state index contributed by atoms with van der Waals surface area (Å²) < 4.78 is 12.1. The molecule has 0 fully saturated rings. The van der Waals surface area contributed by atoms with E-state index in [1.807, 2.05) is 24.3 Å². The molecule has 0 aliphatic heterocycles. The lowest BCUT2D eigenvalue weighted by Gasteiger charge is -2.29. The molecular formula is C39H27NO2. The average Bonchev–Trinajstić information content (AvgIpc) is 3.44. The van der Waals surface area contributed by atoms with Gasteiger partial charge in [0.05, 0.1) is 18.5 Å². The molecule has 0 unspecified atom stereocenters. The minimum Gasteiger partial charge on any atom is -0.497 e. The Bertz CT molecular complexity index is 2240. The fraction of sp³-hybridized carbons (Fsp3) is 0.0256. The van der Waals surface area contributed by atoms with Crippen LogP contribution in [0.25, 0.3) is 54.6 Å². The van der Waals surface area contributed by atoms with Gasteiger partial charge in [-0.05, 0) is 69.6 Å². The van der Waals surface area contributed by atoms with Gasteiger partial charge in [-0.1, -0.05) is 103 Å². The highest BCUT2D eigenvalue weighted by atomic mass is 16.5. The number of rotatable bonds is 5. The van der Waals surface area contributed by atoms with Crippen LogP contribution in [0.2, 0.25) is 0 Å². The number of nitrogens with zero attached hydrogens (tertiary/aromatic N) is 1. The molecule has 200 valence electrons. The minimum absolute atomic E-state index is 0.813. The second-order valence-electron chi connectivity index (χ2n) is 10.5. The van der Waals surface area contributed by atoms with E-state index in [-0.39, 0.29) is 0 Å². The lowest BCUT2D eigenvalue weighted by atomic mass is 9.91. The Morgan fingerprint density at radius 2 is 1.14 bits per heavy atom. The zero-order valence-corrected chi connectivity index (χ0v) is 23.1. The number of methoxy groups -OCH3 is 1. The smallest absolute Gasteiger partial charge is 0.159 e. The molecule has 0 saturated heterocycles. The summed E-state index contributed by atoms with van der Waals surface area (Å²) in [7, 11) is 1.70. The summed E-state index contributed by atoms with van der Waals surface area (Å²) in [6.07, 6.45) is 0. The molecular weight excluding hydrogens is 514 g/mol. The van der Waals surface area contributed by atoms with Gasteiger partial charge in [0.1, 0.15) is 11.3 Å². The van der Waals surface area contributed by atoms with E-state index in [0.717, 1.165) is 44.8 Å². The molecule has 0 aliphatic rings. The molecule has 7 aromatic carbocycles. The fourth-order valence-electron chi connectivity index (χ4n) is 6.22. The Kier molecular flexibility index (Phi) is 5.68. The number of hydrogen-bond donors (Lipinski definition) is 0. The molecule has 0 saturated carbocycles. The van der Waals surface area contributed by atoms with Crippen molar-refractivity contribution in [2.45, 2.75) is 0 Å². The summed E-state index contributed by atoms with van der Waals surface area (Å²) in [6.45, 7) is 0. The molecule has 0 radical (unpaired) electrons. The summed E-state index contributed by atoms with van der Waals surface area (Å²) in [5.41, 5.74) is 7.16. The molecule has 42 heavy (non-hydrogen) atoms. The third-order valence-corrected chi connectivity index (χ3v) is 8.16. The van der Waals surface area contributed by atoms with Gasteiger partial charge in [0.15, 0.2) is 5.58 Å². The van der Waals surface area contributed by atoms with Crippen LogP contribution in [0.15, 0.2) is 150 Å². The first kappa shape index (κ1) is 24.3. The van der Waals surface area contributed by atoms with E-state index in [1.165, 1.54) is 32.7 Å². The highest BCUT2D eigenvalue weighted by Gasteiger charge is 2.24. The molecule has 8 rings (SSSR count). The van der Waals surface area contributed by atoms with Crippen LogP contribution in [-0.2, 0) is 0 Å². The maximum atomic E-state index is 6.59. The third kappa shape index (κ3) is 3.82.